The zero-order valence-corrected chi connectivity index (χ0v) is 23.2. The van der Waals surface area contributed by atoms with E-state index >= 15 is 0 Å². The maximum Gasteiger partial charge on any atom is 0.137 e. The third-order valence-electron chi connectivity index (χ3n) is 8.59. The molecule has 0 atom stereocenters. The van der Waals surface area contributed by atoms with E-state index in [0.717, 1.165) is 0 Å². The van der Waals surface area contributed by atoms with Crippen LogP contribution in [0, 0.1) is 0 Å². The fraction of sp³-hybridized carbons (Fsp3) is 0.429. The van der Waals surface area contributed by atoms with Crippen molar-refractivity contribution in [3.63, 3.8) is 0 Å². The fourth-order valence-electron chi connectivity index (χ4n) is 7.52. The fourth-order valence-corrected chi connectivity index (χ4v) is 25.3. The van der Waals surface area contributed by atoms with Gasteiger partial charge in [-0.3, -0.25) is 0 Å². The van der Waals surface area contributed by atoms with E-state index in [2.05, 4.69) is 115 Å². The van der Waals surface area contributed by atoms with Crippen molar-refractivity contribution < 1.29 is 0 Å². The predicted molar refractivity (Wildman–Crippen MR) is 146 cm³/mol. The van der Waals surface area contributed by atoms with Crippen LogP contribution in [0.5, 0.6) is 0 Å². The van der Waals surface area contributed by atoms with E-state index in [9.17, 15) is 0 Å². The Morgan fingerprint density at radius 2 is 0.839 bits per heavy atom. The van der Waals surface area contributed by atoms with Gasteiger partial charge in [0, 0.05) is 9.00 Å². The van der Waals surface area contributed by atoms with Gasteiger partial charge in [-0.1, -0.05) is 104 Å². The van der Waals surface area contributed by atoms with Crippen molar-refractivity contribution >= 4 is 46.9 Å². The lowest BCUT2D eigenvalue weighted by molar-refractivity contribution is 0.932. The third kappa shape index (κ3) is 2.35. The van der Waals surface area contributed by atoms with Crippen molar-refractivity contribution in [3.8, 4) is 22.3 Å². The molecule has 3 aromatic rings. The average molecular weight is 461 g/mol. The van der Waals surface area contributed by atoms with E-state index < -0.39 is 16.1 Å². The molecule has 2 aliphatic rings. The molecule has 0 aliphatic carbocycles. The van der Waals surface area contributed by atoms with E-state index in [-0.39, 0.29) is 0 Å². The molecule has 0 saturated heterocycles. The minimum Gasteiger partial charge on any atom is -0.152 e. The molecule has 0 amide bonds. The van der Waals surface area contributed by atoms with Gasteiger partial charge >= 0.3 is 0 Å². The minimum atomic E-state index is -1.83. The molecular weight excluding hydrogens is 425 g/mol. The average Bonchev–Trinajstić information content (AvgIpc) is 3.30. The Balaban J connectivity index is 1.97. The van der Waals surface area contributed by atoms with Crippen molar-refractivity contribution in [1.82, 2.24) is 0 Å². The second-order valence-corrected chi connectivity index (χ2v) is 22.9. The summed E-state index contributed by atoms with van der Waals surface area (Å²) in [7, 11) is -3.67. The first kappa shape index (κ1) is 21.4. The van der Waals surface area contributed by atoms with Crippen LogP contribution in [0.4, 0.5) is 0 Å². The first-order valence-corrected chi connectivity index (χ1v) is 17.2. The van der Waals surface area contributed by atoms with Gasteiger partial charge in [0.1, 0.15) is 16.1 Å². The molecule has 0 fully saturated rings. The summed E-state index contributed by atoms with van der Waals surface area (Å²) < 4.78 is 3.60. The third-order valence-corrected chi connectivity index (χ3v) is 24.0. The van der Waals surface area contributed by atoms with Crippen LogP contribution in [0.3, 0.4) is 0 Å². The number of fused-ring (bicyclic) bond motifs is 7. The molecule has 3 heteroatoms. The summed E-state index contributed by atoms with van der Waals surface area (Å²) in [6.07, 6.45) is 0. The number of rotatable bonds is 4. The molecule has 2 aromatic carbocycles. The van der Waals surface area contributed by atoms with Crippen molar-refractivity contribution in [2.45, 2.75) is 77.6 Å². The molecular formula is C28H36SSi2. The summed E-state index contributed by atoms with van der Waals surface area (Å²) in [6.45, 7) is 20.1. The van der Waals surface area contributed by atoms with Crippen LogP contribution >= 0.6 is 11.3 Å². The maximum atomic E-state index is 2.51. The Bertz CT molecular complexity index is 1060. The molecule has 0 nitrogen and oxygen atoms in total. The van der Waals surface area contributed by atoms with Gasteiger partial charge in [-0.15, -0.1) is 0 Å². The second kappa shape index (κ2) is 7.03. The van der Waals surface area contributed by atoms with Gasteiger partial charge < -0.3 is 0 Å². The zero-order valence-electron chi connectivity index (χ0n) is 20.3. The van der Waals surface area contributed by atoms with Gasteiger partial charge in [-0.25, -0.2) is 0 Å². The molecule has 0 saturated carbocycles. The summed E-state index contributed by atoms with van der Waals surface area (Å²) >= 11 is 2.27. The van der Waals surface area contributed by atoms with Crippen LogP contribution in [0.25, 0.3) is 22.3 Å². The van der Waals surface area contributed by atoms with E-state index in [1.165, 1.54) is 0 Å². The van der Waals surface area contributed by atoms with Crippen LogP contribution in [-0.4, -0.2) is 16.1 Å². The van der Waals surface area contributed by atoms with E-state index in [4.69, 9.17) is 0 Å². The Morgan fingerprint density at radius 1 is 0.516 bits per heavy atom. The molecule has 3 heterocycles. The van der Waals surface area contributed by atoms with E-state index in [0.29, 0.717) is 22.2 Å². The number of hydrogen-bond donors (Lipinski definition) is 0. The summed E-state index contributed by atoms with van der Waals surface area (Å²) in [5.41, 5.74) is 9.25. The molecule has 0 spiro atoms. The highest BCUT2D eigenvalue weighted by atomic mass is 32.1. The van der Waals surface area contributed by atoms with Crippen molar-refractivity contribution in [2.75, 3.05) is 0 Å². The maximum absolute atomic E-state index is 2.51. The molecule has 5 rings (SSSR count). The van der Waals surface area contributed by atoms with Crippen molar-refractivity contribution in [3.05, 3.63) is 48.5 Å². The van der Waals surface area contributed by atoms with Crippen LogP contribution in [-0.2, 0) is 0 Å². The molecule has 0 N–H and O–H groups in total. The smallest absolute Gasteiger partial charge is 0.137 e. The number of thiophene rings is 1. The van der Waals surface area contributed by atoms with Crippen LogP contribution in [0.1, 0.15) is 55.4 Å². The molecule has 1 aromatic heterocycles. The molecule has 0 radical (unpaired) electrons. The monoisotopic (exact) mass is 460 g/mol. The lowest BCUT2D eigenvalue weighted by Crippen LogP contribution is -2.61. The lowest BCUT2D eigenvalue weighted by atomic mass is 9.99. The minimum absolute atomic E-state index is 0.707. The molecule has 2 aliphatic heterocycles. The topological polar surface area (TPSA) is 0 Å². The number of hydrogen-bond acceptors (Lipinski definition) is 1. The highest BCUT2D eigenvalue weighted by molar-refractivity contribution is 7.42. The largest absolute Gasteiger partial charge is 0.152 e. The summed E-state index contributed by atoms with van der Waals surface area (Å²) in [5.74, 6) is 0. The SMILES string of the molecule is CC(C)[Si]1(C(C)C)c2ccccc2-c2c1sc1c2-c2ccccc2[Si]1(C(C)C)C(C)C. The lowest BCUT2D eigenvalue weighted by Gasteiger charge is -2.39. The molecule has 31 heavy (non-hydrogen) atoms. The van der Waals surface area contributed by atoms with Gasteiger partial charge in [-0.05, 0) is 54.8 Å². The molecule has 0 unspecified atom stereocenters. The Morgan fingerprint density at radius 3 is 1.16 bits per heavy atom. The first-order valence-electron chi connectivity index (χ1n) is 12.1. The molecule has 0 bridgehead atoms. The van der Waals surface area contributed by atoms with E-state index in [1.54, 1.807) is 41.6 Å². The van der Waals surface area contributed by atoms with Gasteiger partial charge in [0.2, 0.25) is 0 Å². The highest BCUT2D eigenvalue weighted by Crippen LogP contribution is 2.51. The van der Waals surface area contributed by atoms with Crippen molar-refractivity contribution in [1.29, 1.82) is 0 Å². The van der Waals surface area contributed by atoms with Crippen LogP contribution < -0.4 is 19.4 Å². The summed E-state index contributed by atoms with van der Waals surface area (Å²) in [4.78, 5) is 0. The van der Waals surface area contributed by atoms with Gasteiger partial charge in [0.05, 0.1) is 0 Å². The van der Waals surface area contributed by atoms with Gasteiger partial charge in [0.15, 0.2) is 0 Å². The summed E-state index contributed by atoms with van der Waals surface area (Å²) in [6, 6.07) is 19.0. The Kier molecular flexibility index (Phi) is 4.86. The zero-order chi connectivity index (χ0) is 22.3. The van der Waals surface area contributed by atoms with Crippen LogP contribution in [0.15, 0.2) is 48.5 Å². The first-order chi connectivity index (χ1) is 14.7. The van der Waals surface area contributed by atoms with Crippen LogP contribution in [0.2, 0.25) is 22.2 Å². The summed E-state index contributed by atoms with van der Waals surface area (Å²) in [5, 5.41) is 3.41. The highest BCUT2D eigenvalue weighted by Gasteiger charge is 2.58. The quantitative estimate of drug-likeness (QED) is 0.391. The second-order valence-electron chi connectivity index (χ2n) is 11.0. The Labute approximate surface area is 194 Å². The Hall–Kier alpha value is -1.43. The standard InChI is InChI=1S/C28H36SSi2/c1-17(2)30(18(3)4)23-15-11-9-13-21(23)25-26-22-14-10-12-16-24(22)31(19(5)6,20(7)8)28(26)29-27(25)30/h9-20H,1-8H3. The molecule has 162 valence electrons. The normalized spacial score (nSPS) is 17.4. The van der Waals surface area contributed by atoms with Gasteiger partial charge in [-0.2, -0.15) is 11.3 Å². The predicted octanol–water partition coefficient (Wildman–Crippen LogP) is 6.47. The van der Waals surface area contributed by atoms with Crippen molar-refractivity contribution in [2.24, 2.45) is 0 Å². The van der Waals surface area contributed by atoms with E-state index in [1.807, 2.05) is 0 Å². The number of benzene rings is 2. The van der Waals surface area contributed by atoms with Gasteiger partial charge in [0.25, 0.3) is 0 Å².